The number of aliphatic carboxylic acids is 1. The predicted molar refractivity (Wildman–Crippen MR) is 127 cm³/mol. The van der Waals surface area contributed by atoms with E-state index in [9.17, 15) is 18.0 Å². The molecule has 0 aliphatic heterocycles. The number of carboxylic acids is 1. The minimum absolute atomic E-state index is 0.00379. The molecule has 3 aromatic carbocycles. The lowest BCUT2D eigenvalue weighted by Gasteiger charge is -2.16. The molecule has 0 aliphatic rings. The lowest BCUT2D eigenvalue weighted by atomic mass is 9.98. The molecular formula is C27H25F3N2O3. The molecule has 1 aromatic heterocycles. The highest BCUT2D eigenvalue weighted by molar-refractivity contribution is 5.86. The Balaban J connectivity index is 1.62. The van der Waals surface area contributed by atoms with E-state index < -0.39 is 17.7 Å². The van der Waals surface area contributed by atoms with Gasteiger partial charge in [-0.15, -0.1) is 0 Å². The van der Waals surface area contributed by atoms with Crippen LogP contribution in [0.2, 0.25) is 0 Å². The summed E-state index contributed by atoms with van der Waals surface area (Å²) in [6.07, 6.45) is -2.19. The second-order valence-corrected chi connectivity index (χ2v) is 8.21. The number of aryl methyl sites for hydroxylation is 2. The van der Waals surface area contributed by atoms with Crippen molar-refractivity contribution in [3.8, 4) is 16.9 Å². The van der Waals surface area contributed by atoms with Crippen LogP contribution < -0.4 is 4.74 Å². The maximum absolute atomic E-state index is 13.3. The van der Waals surface area contributed by atoms with Crippen molar-refractivity contribution >= 4 is 16.9 Å². The number of fused-ring (bicyclic) bond motifs is 1. The Kier molecular flexibility index (Phi) is 7.10. The van der Waals surface area contributed by atoms with Crippen molar-refractivity contribution in [2.45, 2.75) is 38.9 Å². The third kappa shape index (κ3) is 5.65. The Morgan fingerprint density at radius 2 is 1.86 bits per heavy atom. The summed E-state index contributed by atoms with van der Waals surface area (Å²) in [6.45, 7) is 2.81. The number of carbonyl (C=O) groups is 1. The lowest BCUT2D eigenvalue weighted by Crippen LogP contribution is -2.11. The van der Waals surface area contributed by atoms with E-state index >= 15 is 0 Å². The fourth-order valence-electron chi connectivity index (χ4n) is 4.13. The van der Waals surface area contributed by atoms with Gasteiger partial charge in [0.1, 0.15) is 5.75 Å². The van der Waals surface area contributed by atoms with Gasteiger partial charge < -0.3 is 9.84 Å². The van der Waals surface area contributed by atoms with E-state index in [1.54, 1.807) is 24.4 Å². The largest absolute Gasteiger partial charge is 0.493 e. The van der Waals surface area contributed by atoms with Crippen molar-refractivity contribution in [1.29, 1.82) is 0 Å². The number of rotatable bonds is 9. The third-order valence-electron chi connectivity index (χ3n) is 5.88. The number of nitrogens with zero attached hydrogens (tertiary/aromatic N) is 2. The molecule has 0 spiro atoms. The number of carboxylic acid groups (broad SMARTS) is 1. The summed E-state index contributed by atoms with van der Waals surface area (Å²) in [5, 5.41) is 14.4. The van der Waals surface area contributed by atoms with Gasteiger partial charge in [0.2, 0.25) is 0 Å². The van der Waals surface area contributed by atoms with Crippen LogP contribution in [0.3, 0.4) is 0 Å². The van der Waals surface area contributed by atoms with Crippen LogP contribution in [0.15, 0.2) is 66.9 Å². The molecule has 182 valence electrons. The van der Waals surface area contributed by atoms with E-state index in [-0.39, 0.29) is 25.0 Å². The van der Waals surface area contributed by atoms with Gasteiger partial charge in [-0.3, -0.25) is 9.48 Å². The fraction of sp³-hybridized carbons (Fsp3) is 0.259. The first-order chi connectivity index (χ1) is 16.8. The summed E-state index contributed by atoms with van der Waals surface area (Å²) >= 11 is 0. The van der Waals surface area contributed by atoms with Crippen LogP contribution in [-0.4, -0.2) is 27.5 Å². The summed E-state index contributed by atoms with van der Waals surface area (Å²) in [5.41, 5.74) is 2.95. The molecule has 0 fully saturated rings. The molecule has 35 heavy (non-hydrogen) atoms. The zero-order chi connectivity index (χ0) is 25.0. The molecule has 8 heteroatoms. The van der Waals surface area contributed by atoms with E-state index in [1.807, 2.05) is 35.9 Å². The minimum Gasteiger partial charge on any atom is -0.493 e. The van der Waals surface area contributed by atoms with Crippen LogP contribution in [0.1, 0.15) is 30.0 Å². The van der Waals surface area contributed by atoms with Gasteiger partial charge in [-0.2, -0.15) is 18.3 Å². The second kappa shape index (κ2) is 10.2. The first kappa shape index (κ1) is 24.3. The molecule has 0 aliphatic carbocycles. The van der Waals surface area contributed by atoms with Crippen molar-refractivity contribution in [1.82, 2.24) is 9.78 Å². The van der Waals surface area contributed by atoms with Gasteiger partial charge in [-0.05, 0) is 60.4 Å². The number of hydrogen-bond acceptors (Lipinski definition) is 3. The smallest absolute Gasteiger partial charge is 0.416 e. The Labute approximate surface area is 200 Å². The second-order valence-electron chi connectivity index (χ2n) is 8.21. The Bertz CT molecular complexity index is 1350. The topological polar surface area (TPSA) is 64.4 Å². The zero-order valence-corrected chi connectivity index (χ0v) is 19.2. The van der Waals surface area contributed by atoms with E-state index in [0.29, 0.717) is 12.2 Å². The first-order valence-electron chi connectivity index (χ1n) is 11.3. The summed E-state index contributed by atoms with van der Waals surface area (Å²) in [4.78, 5) is 11.0. The van der Waals surface area contributed by atoms with E-state index in [0.717, 1.165) is 40.2 Å². The van der Waals surface area contributed by atoms with Crippen LogP contribution >= 0.6 is 0 Å². The lowest BCUT2D eigenvalue weighted by molar-refractivity contribution is -0.138. The van der Waals surface area contributed by atoms with Crippen molar-refractivity contribution in [3.05, 3.63) is 83.6 Å². The summed E-state index contributed by atoms with van der Waals surface area (Å²) < 4.78 is 47.8. The monoisotopic (exact) mass is 482 g/mol. The standard InChI is InChI=1S/C27H25F3N2O3/c1-2-32-24-10-9-20(16-21(24)17-31-32)22-15-18(8-12-26(33)34)7-11-25(22)35-14-13-19-5-3-4-6-23(19)27(28,29)30/h3-7,9-11,15-17H,2,8,12-14H2,1H3,(H,33,34). The van der Waals surface area contributed by atoms with Crippen LogP contribution in [0, 0.1) is 0 Å². The molecule has 0 amide bonds. The maximum atomic E-state index is 13.3. The predicted octanol–water partition coefficient (Wildman–Crippen LogP) is 6.38. The SMILES string of the molecule is CCn1ncc2cc(-c3cc(CCC(=O)O)ccc3OCCc3ccccc3C(F)(F)F)ccc21. The molecule has 0 radical (unpaired) electrons. The van der Waals surface area contributed by atoms with Crippen LogP contribution in [0.25, 0.3) is 22.0 Å². The average Bonchev–Trinajstić information content (AvgIpc) is 3.25. The van der Waals surface area contributed by atoms with Gasteiger partial charge in [0, 0.05) is 30.3 Å². The highest BCUT2D eigenvalue weighted by Crippen LogP contribution is 2.35. The third-order valence-corrected chi connectivity index (χ3v) is 5.88. The molecule has 0 atom stereocenters. The van der Waals surface area contributed by atoms with Crippen LogP contribution in [0.4, 0.5) is 13.2 Å². The molecule has 0 saturated heterocycles. The summed E-state index contributed by atoms with van der Waals surface area (Å²) in [5.74, 6) is -0.362. The molecule has 0 bridgehead atoms. The highest BCUT2D eigenvalue weighted by Gasteiger charge is 2.32. The Morgan fingerprint density at radius 3 is 2.60 bits per heavy atom. The summed E-state index contributed by atoms with van der Waals surface area (Å²) in [6, 6.07) is 16.8. The van der Waals surface area contributed by atoms with E-state index in [2.05, 4.69) is 5.10 Å². The van der Waals surface area contributed by atoms with Gasteiger partial charge in [0.05, 0.1) is 23.9 Å². The number of alkyl halides is 3. The van der Waals surface area contributed by atoms with Gasteiger partial charge in [-0.25, -0.2) is 0 Å². The normalized spacial score (nSPS) is 11.7. The summed E-state index contributed by atoms with van der Waals surface area (Å²) in [7, 11) is 0. The van der Waals surface area contributed by atoms with Crippen LogP contribution in [0.5, 0.6) is 5.75 Å². The number of halogens is 3. The van der Waals surface area contributed by atoms with E-state index in [4.69, 9.17) is 9.84 Å². The number of ether oxygens (including phenoxy) is 1. The molecule has 1 N–H and O–H groups in total. The molecule has 4 aromatic rings. The number of hydrogen-bond donors (Lipinski definition) is 1. The van der Waals surface area contributed by atoms with Gasteiger partial charge >= 0.3 is 12.1 Å². The Hall–Kier alpha value is -3.81. The Morgan fingerprint density at radius 1 is 1.06 bits per heavy atom. The molecule has 1 heterocycles. The van der Waals surface area contributed by atoms with Crippen molar-refractivity contribution in [3.63, 3.8) is 0 Å². The van der Waals surface area contributed by atoms with Crippen LogP contribution in [-0.2, 0) is 30.4 Å². The molecule has 0 saturated carbocycles. The molecular weight excluding hydrogens is 457 g/mol. The van der Waals surface area contributed by atoms with Crippen molar-refractivity contribution < 1.29 is 27.8 Å². The molecule has 0 unspecified atom stereocenters. The van der Waals surface area contributed by atoms with Gasteiger partial charge in [-0.1, -0.05) is 30.3 Å². The zero-order valence-electron chi connectivity index (χ0n) is 19.2. The minimum atomic E-state index is -4.42. The molecule has 5 nitrogen and oxygen atoms in total. The first-order valence-corrected chi connectivity index (χ1v) is 11.3. The number of benzene rings is 3. The van der Waals surface area contributed by atoms with Crippen molar-refractivity contribution in [2.24, 2.45) is 0 Å². The van der Waals surface area contributed by atoms with E-state index in [1.165, 1.54) is 12.1 Å². The van der Waals surface area contributed by atoms with Crippen molar-refractivity contribution in [2.75, 3.05) is 6.61 Å². The molecule has 4 rings (SSSR count). The van der Waals surface area contributed by atoms with Gasteiger partial charge in [0.25, 0.3) is 0 Å². The van der Waals surface area contributed by atoms with Gasteiger partial charge in [0.15, 0.2) is 0 Å². The highest BCUT2D eigenvalue weighted by atomic mass is 19.4. The number of aromatic nitrogens is 2. The fourth-order valence-corrected chi connectivity index (χ4v) is 4.13. The maximum Gasteiger partial charge on any atom is 0.416 e. The quantitative estimate of drug-likeness (QED) is 0.301. The average molecular weight is 483 g/mol.